The van der Waals surface area contributed by atoms with Crippen molar-refractivity contribution in [2.24, 2.45) is 0 Å². The van der Waals surface area contributed by atoms with Gasteiger partial charge in [0.1, 0.15) is 0 Å². The minimum atomic E-state index is 0.0213. The number of carbonyl (C=O) groups excluding carboxylic acids is 1. The number of thioether (sulfide) groups is 1. The fraction of sp³-hybridized carbons (Fsp3) is 0.250. The van der Waals surface area contributed by atoms with E-state index in [2.05, 4.69) is 23.3 Å². The normalized spacial score (nSPS) is 11.9. The fourth-order valence-corrected chi connectivity index (χ4v) is 2.68. The highest BCUT2D eigenvalue weighted by Crippen LogP contribution is 2.18. The highest BCUT2D eigenvalue weighted by Gasteiger charge is 2.11. The van der Waals surface area contributed by atoms with Crippen LogP contribution in [0.3, 0.4) is 0 Å². The molecule has 0 spiro atoms. The molecule has 104 valence electrons. The summed E-state index contributed by atoms with van der Waals surface area (Å²) in [5, 5.41) is 3.89. The molecule has 0 radical (unpaired) electrons. The van der Waals surface area contributed by atoms with Crippen molar-refractivity contribution in [1.82, 2.24) is 10.3 Å². The average Bonchev–Trinajstić information content (AvgIpc) is 2.46. The molecule has 0 aliphatic rings. The molecule has 1 heterocycles. The first kappa shape index (κ1) is 14.6. The number of pyridine rings is 1. The van der Waals surface area contributed by atoms with Gasteiger partial charge in [0.2, 0.25) is 5.91 Å². The zero-order valence-electron chi connectivity index (χ0n) is 11.7. The molecule has 1 atom stereocenters. The second-order valence-corrected chi connectivity index (χ2v) is 5.60. The first-order valence-electron chi connectivity index (χ1n) is 6.55. The number of hydrogen-bond donors (Lipinski definition) is 1. The summed E-state index contributed by atoms with van der Waals surface area (Å²) in [5.74, 6) is 0.407. The van der Waals surface area contributed by atoms with Crippen molar-refractivity contribution in [3.05, 3.63) is 59.8 Å². The van der Waals surface area contributed by atoms with Crippen LogP contribution in [0.4, 0.5) is 0 Å². The van der Waals surface area contributed by atoms with Gasteiger partial charge in [0.25, 0.3) is 0 Å². The van der Waals surface area contributed by atoms with Gasteiger partial charge < -0.3 is 5.32 Å². The summed E-state index contributed by atoms with van der Waals surface area (Å²) in [6.45, 7) is 4.06. The smallest absolute Gasteiger partial charge is 0.230 e. The Morgan fingerprint density at radius 3 is 2.70 bits per heavy atom. The Morgan fingerprint density at radius 2 is 2.00 bits per heavy atom. The van der Waals surface area contributed by atoms with Gasteiger partial charge in [-0.25, -0.2) is 4.98 Å². The van der Waals surface area contributed by atoms with Gasteiger partial charge in [-0.1, -0.05) is 42.1 Å². The number of aryl methyl sites for hydroxylation is 1. The van der Waals surface area contributed by atoms with Crippen LogP contribution in [0.1, 0.15) is 24.1 Å². The van der Waals surface area contributed by atoms with E-state index in [1.807, 2.05) is 43.3 Å². The molecule has 1 N–H and O–H groups in total. The number of hydrogen-bond acceptors (Lipinski definition) is 3. The van der Waals surface area contributed by atoms with E-state index >= 15 is 0 Å². The number of nitrogens with one attached hydrogen (secondary N) is 1. The number of amides is 1. The van der Waals surface area contributed by atoms with E-state index in [1.54, 1.807) is 6.20 Å². The van der Waals surface area contributed by atoms with Crippen molar-refractivity contribution < 1.29 is 4.79 Å². The molecule has 20 heavy (non-hydrogen) atoms. The van der Waals surface area contributed by atoms with Gasteiger partial charge in [0.05, 0.1) is 16.8 Å². The number of nitrogens with zero attached hydrogens (tertiary/aromatic N) is 1. The molecule has 1 aromatic heterocycles. The molecule has 2 rings (SSSR count). The van der Waals surface area contributed by atoms with Crippen LogP contribution in [0, 0.1) is 6.92 Å². The molecule has 2 aromatic rings. The molecule has 4 heteroatoms. The number of aromatic nitrogens is 1. The van der Waals surface area contributed by atoms with Crippen LogP contribution in [0.25, 0.3) is 0 Å². The summed E-state index contributed by atoms with van der Waals surface area (Å²) in [7, 11) is 0. The van der Waals surface area contributed by atoms with Gasteiger partial charge in [-0.3, -0.25) is 4.79 Å². The largest absolute Gasteiger partial charge is 0.349 e. The van der Waals surface area contributed by atoms with Gasteiger partial charge in [0.15, 0.2) is 0 Å². The average molecular weight is 286 g/mol. The van der Waals surface area contributed by atoms with Gasteiger partial charge in [-0.15, -0.1) is 0 Å². The number of carbonyl (C=O) groups is 1. The van der Waals surface area contributed by atoms with Crippen LogP contribution in [-0.2, 0) is 4.79 Å². The predicted molar refractivity (Wildman–Crippen MR) is 82.7 cm³/mol. The van der Waals surface area contributed by atoms with E-state index in [1.165, 1.54) is 17.3 Å². The second-order valence-electron chi connectivity index (χ2n) is 4.60. The molecule has 0 saturated heterocycles. The minimum absolute atomic E-state index is 0.0213. The van der Waals surface area contributed by atoms with Crippen molar-refractivity contribution in [3.63, 3.8) is 0 Å². The van der Waals surface area contributed by atoms with Crippen LogP contribution >= 0.6 is 11.8 Å². The molecule has 0 bridgehead atoms. The lowest BCUT2D eigenvalue weighted by atomic mass is 10.0. The molecule has 3 nitrogen and oxygen atoms in total. The van der Waals surface area contributed by atoms with Crippen LogP contribution in [-0.4, -0.2) is 16.6 Å². The third kappa shape index (κ3) is 4.10. The Morgan fingerprint density at radius 1 is 1.25 bits per heavy atom. The van der Waals surface area contributed by atoms with Crippen LogP contribution in [0.2, 0.25) is 0 Å². The third-order valence-corrected chi connectivity index (χ3v) is 3.97. The highest BCUT2D eigenvalue weighted by molar-refractivity contribution is 7.99. The molecule has 1 aromatic carbocycles. The molecule has 0 fully saturated rings. The predicted octanol–water partition coefficient (Wildman–Crippen LogP) is 3.36. The standard InChI is InChI=1S/C16H18N2OS/c1-12-7-3-4-8-14(12)13(2)18-15(19)11-20-16-9-5-6-10-17-16/h3-10,13H,11H2,1-2H3,(H,18,19)/t13-/m1/s1. The Kier molecular flexibility index (Phi) is 5.18. The quantitative estimate of drug-likeness (QED) is 0.857. The molecule has 1 amide bonds. The first-order chi connectivity index (χ1) is 9.66. The van der Waals surface area contributed by atoms with Crippen molar-refractivity contribution in [2.75, 3.05) is 5.75 Å². The van der Waals surface area contributed by atoms with E-state index in [9.17, 15) is 4.79 Å². The molecule has 0 aliphatic carbocycles. The van der Waals surface area contributed by atoms with E-state index in [-0.39, 0.29) is 11.9 Å². The van der Waals surface area contributed by atoms with Crippen LogP contribution < -0.4 is 5.32 Å². The zero-order chi connectivity index (χ0) is 14.4. The Hall–Kier alpha value is -1.81. The van der Waals surface area contributed by atoms with Gasteiger partial charge in [0, 0.05) is 6.20 Å². The first-order valence-corrected chi connectivity index (χ1v) is 7.54. The monoisotopic (exact) mass is 286 g/mol. The highest BCUT2D eigenvalue weighted by atomic mass is 32.2. The van der Waals surface area contributed by atoms with Crippen LogP contribution in [0.5, 0.6) is 0 Å². The minimum Gasteiger partial charge on any atom is -0.349 e. The summed E-state index contributed by atoms with van der Waals surface area (Å²) in [6, 6.07) is 13.8. The van der Waals surface area contributed by atoms with Crippen LogP contribution in [0.15, 0.2) is 53.7 Å². The summed E-state index contributed by atoms with van der Waals surface area (Å²) < 4.78 is 0. The summed E-state index contributed by atoms with van der Waals surface area (Å²) in [6.07, 6.45) is 1.73. The van der Waals surface area contributed by atoms with E-state index in [4.69, 9.17) is 0 Å². The second kappa shape index (κ2) is 7.10. The Balaban J connectivity index is 1.87. The summed E-state index contributed by atoms with van der Waals surface area (Å²) in [5.41, 5.74) is 2.35. The third-order valence-electron chi connectivity index (χ3n) is 3.02. The van der Waals surface area contributed by atoms with Crippen molar-refractivity contribution >= 4 is 17.7 Å². The maximum absolute atomic E-state index is 12.0. The van der Waals surface area contributed by atoms with Crippen molar-refractivity contribution in [3.8, 4) is 0 Å². The summed E-state index contributed by atoms with van der Waals surface area (Å²) in [4.78, 5) is 16.1. The Bertz CT molecular complexity index is 572. The van der Waals surface area contributed by atoms with Gasteiger partial charge >= 0.3 is 0 Å². The lowest BCUT2D eigenvalue weighted by Crippen LogP contribution is -2.28. The fourth-order valence-electron chi connectivity index (χ4n) is 2.01. The molecular weight excluding hydrogens is 268 g/mol. The zero-order valence-corrected chi connectivity index (χ0v) is 12.5. The summed E-state index contributed by atoms with van der Waals surface area (Å²) >= 11 is 1.45. The number of rotatable bonds is 5. The van der Waals surface area contributed by atoms with E-state index < -0.39 is 0 Å². The van der Waals surface area contributed by atoms with Gasteiger partial charge in [-0.05, 0) is 37.1 Å². The van der Waals surface area contributed by atoms with Crippen molar-refractivity contribution in [2.45, 2.75) is 24.9 Å². The van der Waals surface area contributed by atoms with E-state index in [0.29, 0.717) is 5.75 Å². The molecular formula is C16H18N2OS. The lowest BCUT2D eigenvalue weighted by molar-refractivity contribution is -0.119. The molecule has 0 unspecified atom stereocenters. The lowest BCUT2D eigenvalue weighted by Gasteiger charge is -2.16. The maximum Gasteiger partial charge on any atom is 0.230 e. The number of benzene rings is 1. The van der Waals surface area contributed by atoms with Crippen molar-refractivity contribution in [1.29, 1.82) is 0 Å². The topological polar surface area (TPSA) is 42.0 Å². The molecule has 0 aliphatic heterocycles. The Labute approximate surface area is 123 Å². The van der Waals surface area contributed by atoms with Gasteiger partial charge in [-0.2, -0.15) is 0 Å². The molecule has 0 saturated carbocycles. The van der Waals surface area contributed by atoms with E-state index in [0.717, 1.165) is 10.6 Å². The maximum atomic E-state index is 12.0. The SMILES string of the molecule is Cc1ccccc1[C@@H](C)NC(=O)CSc1ccccn1.